The lowest BCUT2D eigenvalue weighted by molar-refractivity contribution is 0.308. The third-order valence-electron chi connectivity index (χ3n) is 4.54. The van der Waals surface area contributed by atoms with Crippen molar-refractivity contribution in [2.75, 3.05) is 13.7 Å². The van der Waals surface area contributed by atoms with Crippen LogP contribution in [0, 0.1) is 12.8 Å². The molecule has 2 rings (SSSR count). The topological polar surface area (TPSA) is 33.3 Å². The van der Waals surface area contributed by atoms with E-state index in [-0.39, 0.29) is 0 Å². The van der Waals surface area contributed by atoms with E-state index < -0.39 is 0 Å². The van der Waals surface area contributed by atoms with Gasteiger partial charge in [-0.25, -0.2) is 0 Å². The van der Waals surface area contributed by atoms with Crippen LogP contribution in [0.3, 0.4) is 0 Å². The summed E-state index contributed by atoms with van der Waals surface area (Å²) in [6.45, 7) is 5.25. The van der Waals surface area contributed by atoms with Crippen molar-refractivity contribution in [2.24, 2.45) is 5.92 Å². The van der Waals surface area contributed by atoms with Crippen molar-refractivity contribution in [3.63, 3.8) is 0 Å². The largest absolute Gasteiger partial charge is 0.496 e. The third-order valence-corrected chi connectivity index (χ3v) is 4.81. The van der Waals surface area contributed by atoms with E-state index in [1.165, 1.54) is 36.8 Å². The summed E-state index contributed by atoms with van der Waals surface area (Å²) in [4.78, 5) is 0. The average molecular weight is 321 g/mol. The standard InChI is InChI=1S/C18H28N2OS/c1-13-8-9-17(21-3)15(12-13)10-11-19-18(22)20-16-7-5-4-6-14(16)2/h8-9,12,14,16H,4-7,10-11H2,1-3H3,(H2,19,20,22)/t14-,16+/m1/s1. The van der Waals surface area contributed by atoms with Gasteiger partial charge in [-0.1, -0.05) is 37.5 Å². The van der Waals surface area contributed by atoms with Gasteiger partial charge in [0.1, 0.15) is 5.75 Å². The van der Waals surface area contributed by atoms with Crippen molar-refractivity contribution in [1.82, 2.24) is 10.6 Å². The van der Waals surface area contributed by atoms with Crippen molar-refractivity contribution in [1.29, 1.82) is 0 Å². The molecule has 0 unspecified atom stereocenters. The zero-order chi connectivity index (χ0) is 15.9. The van der Waals surface area contributed by atoms with Crippen LogP contribution in [0.1, 0.15) is 43.7 Å². The zero-order valence-corrected chi connectivity index (χ0v) is 14.8. The van der Waals surface area contributed by atoms with Crippen LogP contribution in [0.15, 0.2) is 18.2 Å². The molecule has 0 bridgehead atoms. The van der Waals surface area contributed by atoms with Gasteiger partial charge in [0.25, 0.3) is 0 Å². The van der Waals surface area contributed by atoms with Crippen molar-refractivity contribution < 1.29 is 4.74 Å². The number of nitrogens with one attached hydrogen (secondary N) is 2. The molecule has 0 spiro atoms. The van der Waals surface area contributed by atoms with Gasteiger partial charge in [0.05, 0.1) is 7.11 Å². The van der Waals surface area contributed by atoms with Crippen molar-refractivity contribution in [2.45, 2.75) is 52.0 Å². The quantitative estimate of drug-likeness (QED) is 0.812. The Morgan fingerprint density at radius 1 is 1.32 bits per heavy atom. The Bertz CT molecular complexity index is 504. The second kappa shape index (κ2) is 8.37. The van der Waals surface area contributed by atoms with Gasteiger partial charge in [0, 0.05) is 12.6 Å². The van der Waals surface area contributed by atoms with Gasteiger partial charge in [0.2, 0.25) is 0 Å². The first-order chi connectivity index (χ1) is 10.6. The van der Waals surface area contributed by atoms with Crippen LogP contribution in [0.5, 0.6) is 5.75 Å². The van der Waals surface area contributed by atoms with Gasteiger partial charge in [-0.2, -0.15) is 0 Å². The maximum atomic E-state index is 5.44. The molecule has 122 valence electrons. The van der Waals surface area contributed by atoms with Gasteiger partial charge in [-0.05, 0) is 56.0 Å². The fourth-order valence-corrected chi connectivity index (χ4v) is 3.42. The molecule has 0 saturated heterocycles. The highest BCUT2D eigenvalue weighted by Gasteiger charge is 2.21. The Morgan fingerprint density at radius 3 is 2.82 bits per heavy atom. The maximum absolute atomic E-state index is 5.44. The summed E-state index contributed by atoms with van der Waals surface area (Å²) in [5.74, 6) is 1.66. The maximum Gasteiger partial charge on any atom is 0.166 e. The minimum Gasteiger partial charge on any atom is -0.496 e. The Labute approximate surface area is 139 Å². The lowest BCUT2D eigenvalue weighted by Crippen LogP contribution is -2.46. The van der Waals surface area contributed by atoms with Gasteiger partial charge in [-0.3, -0.25) is 0 Å². The van der Waals surface area contributed by atoms with Crippen LogP contribution in [0.4, 0.5) is 0 Å². The Morgan fingerprint density at radius 2 is 2.09 bits per heavy atom. The summed E-state index contributed by atoms with van der Waals surface area (Å²) in [5.41, 5.74) is 2.48. The molecular formula is C18H28N2OS. The van der Waals surface area contributed by atoms with Crippen molar-refractivity contribution >= 4 is 17.3 Å². The van der Waals surface area contributed by atoms with Crippen LogP contribution in [0.25, 0.3) is 0 Å². The number of rotatable bonds is 5. The van der Waals surface area contributed by atoms with Crippen LogP contribution in [-0.4, -0.2) is 24.8 Å². The number of aryl methyl sites for hydroxylation is 1. The second-order valence-corrected chi connectivity index (χ2v) is 6.74. The minimum atomic E-state index is 0.530. The van der Waals surface area contributed by atoms with E-state index in [0.29, 0.717) is 12.0 Å². The highest BCUT2D eigenvalue weighted by molar-refractivity contribution is 7.80. The van der Waals surface area contributed by atoms with E-state index in [9.17, 15) is 0 Å². The summed E-state index contributed by atoms with van der Waals surface area (Å²) in [5, 5.41) is 7.60. The molecule has 1 aromatic rings. The number of thiocarbonyl (C=S) groups is 1. The predicted molar refractivity (Wildman–Crippen MR) is 96.6 cm³/mol. The molecule has 4 heteroatoms. The summed E-state index contributed by atoms with van der Waals surface area (Å²) < 4.78 is 5.42. The molecular weight excluding hydrogens is 292 g/mol. The molecule has 0 heterocycles. The van der Waals surface area contributed by atoms with Gasteiger partial charge < -0.3 is 15.4 Å². The number of ether oxygens (including phenoxy) is 1. The normalized spacial score (nSPS) is 21.2. The first-order valence-corrected chi connectivity index (χ1v) is 8.69. The van der Waals surface area contributed by atoms with E-state index in [0.717, 1.165) is 23.8 Å². The molecule has 1 fully saturated rings. The molecule has 1 aliphatic rings. The van der Waals surface area contributed by atoms with Crippen molar-refractivity contribution in [3.05, 3.63) is 29.3 Å². The predicted octanol–water partition coefficient (Wildman–Crippen LogP) is 3.59. The van der Waals surface area contributed by atoms with Crippen molar-refractivity contribution in [3.8, 4) is 5.75 Å². The number of methoxy groups -OCH3 is 1. The Balaban J connectivity index is 1.78. The summed E-state index contributed by atoms with van der Waals surface area (Å²) >= 11 is 5.44. The van der Waals surface area contributed by atoms with Crippen LogP contribution in [0.2, 0.25) is 0 Å². The van der Waals surface area contributed by atoms with Gasteiger partial charge in [-0.15, -0.1) is 0 Å². The number of hydrogen-bond acceptors (Lipinski definition) is 2. The Hall–Kier alpha value is -1.29. The van der Waals surface area contributed by atoms with E-state index in [2.05, 4.69) is 36.6 Å². The molecule has 0 radical (unpaired) electrons. The zero-order valence-electron chi connectivity index (χ0n) is 13.9. The first-order valence-electron chi connectivity index (χ1n) is 8.28. The third kappa shape index (κ3) is 4.87. The molecule has 22 heavy (non-hydrogen) atoms. The van der Waals surface area contributed by atoms with Crippen LogP contribution in [-0.2, 0) is 6.42 Å². The molecule has 1 aromatic carbocycles. The lowest BCUT2D eigenvalue weighted by atomic mass is 9.86. The van der Waals surface area contributed by atoms with Crippen LogP contribution >= 0.6 is 12.2 Å². The molecule has 1 saturated carbocycles. The van der Waals surface area contributed by atoms with E-state index >= 15 is 0 Å². The Kier molecular flexibility index (Phi) is 6.49. The van der Waals surface area contributed by atoms with Crippen LogP contribution < -0.4 is 15.4 Å². The summed E-state index contributed by atoms with van der Waals surface area (Å²) in [7, 11) is 1.72. The first kappa shape index (κ1) is 17.1. The monoisotopic (exact) mass is 320 g/mol. The van der Waals surface area contributed by atoms with Gasteiger partial charge >= 0.3 is 0 Å². The molecule has 0 amide bonds. The summed E-state index contributed by atoms with van der Waals surface area (Å²) in [6.07, 6.45) is 6.11. The average Bonchev–Trinajstić information content (AvgIpc) is 2.50. The highest BCUT2D eigenvalue weighted by atomic mass is 32.1. The fourth-order valence-electron chi connectivity index (χ4n) is 3.16. The minimum absolute atomic E-state index is 0.530. The molecule has 2 N–H and O–H groups in total. The molecule has 0 aromatic heterocycles. The molecule has 2 atom stereocenters. The smallest absolute Gasteiger partial charge is 0.166 e. The summed E-state index contributed by atoms with van der Waals surface area (Å²) in [6, 6.07) is 6.82. The molecule has 0 aliphatic heterocycles. The van der Waals surface area contributed by atoms with Gasteiger partial charge in [0.15, 0.2) is 5.11 Å². The van der Waals surface area contributed by atoms with E-state index in [1.807, 2.05) is 6.07 Å². The van der Waals surface area contributed by atoms with E-state index in [4.69, 9.17) is 17.0 Å². The molecule has 3 nitrogen and oxygen atoms in total. The fraction of sp³-hybridized carbons (Fsp3) is 0.611. The lowest BCUT2D eigenvalue weighted by Gasteiger charge is -2.30. The van der Waals surface area contributed by atoms with E-state index in [1.54, 1.807) is 7.11 Å². The SMILES string of the molecule is COc1ccc(C)cc1CCNC(=S)N[C@H]1CCCC[C@H]1C. The molecule has 1 aliphatic carbocycles. The number of benzene rings is 1. The second-order valence-electron chi connectivity index (χ2n) is 6.33. The highest BCUT2D eigenvalue weighted by Crippen LogP contribution is 2.23. The number of hydrogen-bond donors (Lipinski definition) is 2.